The molecule has 0 spiro atoms. The molecule has 0 aliphatic carbocycles. The number of hydrogen-bond acceptors (Lipinski definition) is 2. The zero-order valence-electron chi connectivity index (χ0n) is 12.7. The molecule has 2 nitrogen and oxygen atoms in total. The van der Waals surface area contributed by atoms with Gasteiger partial charge in [0.25, 0.3) is 0 Å². The summed E-state index contributed by atoms with van der Waals surface area (Å²) in [6.45, 7) is 6.23. The molecule has 0 aliphatic heterocycles. The van der Waals surface area contributed by atoms with Crippen LogP contribution in [0, 0.1) is 13.8 Å². The number of benzene rings is 2. The molecule has 1 atom stereocenters. The molecule has 0 aromatic heterocycles. The van der Waals surface area contributed by atoms with Crippen LogP contribution in [0.5, 0.6) is 5.75 Å². The van der Waals surface area contributed by atoms with Crippen molar-refractivity contribution in [3.05, 3.63) is 64.7 Å². The highest BCUT2D eigenvalue weighted by Crippen LogP contribution is 2.34. The van der Waals surface area contributed by atoms with Crippen molar-refractivity contribution < 1.29 is 4.74 Å². The van der Waals surface area contributed by atoms with Crippen LogP contribution in [0.1, 0.15) is 29.2 Å². The van der Waals surface area contributed by atoms with Gasteiger partial charge in [-0.15, -0.1) is 0 Å². The second-order valence-electron chi connectivity index (χ2n) is 5.67. The van der Waals surface area contributed by atoms with E-state index in [9.17, 15) is 0 Å². The fourth-order valence-electron chi connectivity index (χ4n) is 2.62. The van der Waals surface area contributed by atoms with Crippen LogP contribution >= 0.6 is 0 Å². The highest BCUT2D eigenvalue weighted by Gasteiger charge is 2.26. The van der Waals surface area contributed by atoms with Crippen molar-refractivity contribution in [3.63, 3.8) is 0 Å². The minimum absolute atomic E-state index is 0.453. The second-order valence-corrected chi connectivity index (χ2v) is 5.67. The van der Waals surface area contributed by atoms with E-state index in [1.54, 1.807) is 7.11 Å². The smallest absolute Gasteiger partial charge is 0.127 e. The van der Waals surface area contributed by atoms with Gasteiger partial charge in [-0.05, 0) is 43.9 Å². The van der Waals surface area contributed by atoms with E-state index in [-0.39, 0.29) is 0 Å². The molecule has 0 amide bonds. The van der Waals surface area contributed by atoms with Crippen LogP contribution in [0.2, 0.25) is 0 Å². The molecule has 2 heteroatoms. The molecule has 0 radical (unpaired) electrons. The molecule has 0 saturated carbocycles. The van der Waals surface area contributed by atoms with Gasteiger partial charge in [-0.3, -0.25) is 0 Å². The van der Waals surface area contributed by atoms with Gasteiger partial charge < -0.3 is 10.5 Å². The highest BCUT2D eigenvalue weighted by atomic mass is 16.5. The van der Waals surface area contributed by atoms with Crippen LogP contribution < -0.4 is 10.5 Å². The van der Waals surface area contributed by atoms with Crippen molar-refractivity contribution in [3.8, 4) is 5.75 Å². The number of nitrogens with two attached hydrogens (primary N) is 1. The Balaban J connectivity index is 2.41. The maximum absolute atomic E-state index is 6.59. The van der Waals surface area contributed by atoms with Crippen molar-refractivity contribution in [2.24, 2.45) is 5.73 Å². The molecule has 2 N–H and O–H groups in total. The quantitative estimate of drug-likeness (QED) is 0.918. The molecule has 0 heterocycles. The number of rotatable bonds is 4. The lowest BCUT2D eigenvalue weighted by atomic mass is 9.84. The topological polar surface area (TPSA) is 35.2 Å². The van der Waals surface area contributed by atoms with E-state index >= 15 is 0 Å². The molecule has 106 valence electrons. The zero-order chi connectivity index (χ0) is 14.8. The first-order valence-electron chi connectivity index (χ1n) is 6.93. The predicted octanol–water partition coefficient (Wildman–Crippen LogP) is 3.73. The lowest BCUT2D eigenvalue weighted by Gasteiger charge is -2.28. The standard InChI is InChI=1S/C18H23NO/c1-13-10-11-16(17(20-4)14(13)2)18(3,19)12-15-8-6-5-7-9-15/h5-11H,12,19H2,1-4H3. The molecule has 2 rings (SSSR count). The molecular formula is C18H23NO. The van der Waals surface area contributed by atoms with Crippen molar-refractivity contribution in [2.45, 2.75) is 32.7 Å². The summed E-state index contributed by atoms with van der Waals surface area (Å²) in [6, 6.07) is 14.5. The summed E-state index contributed by atoms with van der Waals surface area (Å²) >= 11 is 0. The number of hydrogen-bond donors (Lipinski definition) is 1. The third-order valence-corrected chi connectivity index (χ3v) is 3.91. The molecule has 2 aromatic rings. The van der Waals surface area contributed by atoms with E-state index < -0.39 is 5.54 Å². The molecule has 0 aliphatic rings. The molecule has 2 aromatic carbocycles. The summed E-state index contributed by atoms with van der Waals surface area (Å²) in [4.78, 5) is 0. The number of methoxy groups -OCH3 is 1. The average molecular weight is 269 g/mol. The van der Waals surface area contributed by atoms with E-state index in [2.05, 4.69) is 45.0 Å². The van der Waals surface area contributed by atoms with Crippen molar-refractivity contribution in [2.75, 3.05) is 7.11 Å². The van der Waals surface area contributed by atoms with Crippen LogP contribution in [0.25, 0.3) is 0 Å². The summed E-state index contributed by atoms with van der Waals surface area (Å²) in [5.74, 6) is 0.908. The minimum Gasteiger partial charge on any atom is -0.496 e. The van der Waals surface area contributed by atoms with Gasteiger partial charge in [-0.2, -0.15) is 0 Å². The van der Waals surface area contributed by atoms with Gasteiger partial charge in [-0.25, -0.2) is 0 Å². The van der Waals surface area contributed by atoms with Crippen molar-refractivity contribution in [1.29, 1.82) is 0 Å². The van der Waals surface area contributed by atoms with Gasteiger partial charge in [0.1, 0.15) is 5.75 Å². The van der Waals surface area contributed by atoms with Crippen LogP contribution in [-0.2, 0) is 12.0 Å². The van der Waals surface area contributed by atoms with E-state index in [0.29, 0.717) is 0 Å². The minimum atomic E-state index is -0.453. The first-order valence-corrected chi connectivity index (χ1v) is 6.93. The molecule has 0 saturated heterocycles. The molecule has 0 bridgehead atoms. The van der Waals surface area contributed by atoms with Crippen LogP contribution in [0.4, 0.5) is 0 Å². The first kappa shape index (κ1) is 14.6. The highest BCUT2D eigenvalue weighted by molar-refractivity contribution is 5.48. The average Bonchev–Trinajstić information content (AvgIpc) is 2.42. The Morgan fingerprint density at radius 2 is 1.70 bits per heavy atom. The van der Waals surface area contributed by atoms with Crippen molar-refractivity contribution >= 4 is 0 Å². The lowest BCUT2D eigenvalue weighted by molar-refractivity contribution is 0.383. The molecular weight excluding hydrogens is 246 g/mol. The van der Waals surface area contributed by atoms with Gasteiger partial charge in [0.05, 0.1) is 7.11 Å². The fourth-order valence-corrected chi connectivity index (χ4v) is 2.62. The summed E-state index contributed by atoms with van der Waals surface area (Å²) in [5.41, 5.74) is 10.8. The van der Waals surface area contributed by atoms with Gasteiger partial charge in [-0.1, -0.05) is 42.5 Å². The van der Waals surface area contributed by atoms with E-state index in [1.807, 2.05) is 18.2 Å². The Bertz CT molecular complexity index is 588. The van der Waals surface area contributed by atoms with Gasteiger partial charge in [0.15, 0.2) is 0 Å². The zero-order valence-corrected chi connectivity index (χ0v) is 12.7. The predicted molar refractivity (Wildman–Crippen MR) is 84.2 cm³/mol. The summed E-state index contributed by atoms with van der Waals surface area (Å²) in [7, 11) is 1.71. The number of aryl methyl sites for hydroxylation is 1. The largest absolute Gasteiger partial charge is 0.496 e. The maximum Gasteiger partial charge on any atom is 0.127 e. The van der Waals surface area contributed by atoms with Gasteiger partial charge in [0.2, 0.25) is 0 Å². The normalized spacial score (nSPS) is 13.8. The van der Waals surface area contributed by atoms with E-state index in [4.69, 9.17) is 10.5 Å². The Kier molecular flexibility index (Phi) is 4.15. The monoisotopic (exact) mass is 269 g/mol. The SMILES string of the molecule is COc1c(C(C)(N)Cc2ccccc2)ccc(C)c1C. The van der Waals surface area contributed by atoms with Crippen LogP contribution in [0.3, 0.4) is 0 Å². The number of ether oxygens (including phenoxy) is 1. The first-order chi connectivity index (χ1) is 9.45. The second kappa shape index (κ2) is 5.68. The van der Waals surface area contributed by atoms with E-state index in [1.165, 1.54) is 11.1 Å². The summed E-state index contributed by atoms with van der Waals surface area (Å²) in [5, 5.41) is 0. The Labute approximate surface area is 121 Å². The van der Waals surface area contributed by atoms with Gasteiger partial charge in [0, 0.05) is 11.1 Å². The lowest BCUT2D eigenvalue weighted by Crippen LogP contribution is -2.36. The Hall–Kier alpha value is -1.80. The Morgan fingerprint density at radius 1 is 1.05 bits per heavy atom. The third kappa shape index (κ3) is 2.86. The van der Waals surface area contributed by atoms with Crippen LogP contribution in [0.15, 0.2) is 42.5 Å². The molecule has 20 heavy (non-hydrogen) atoms. The maximum atomic E-state index is 6.59. The van der Waals surface area contributed by atoms with Crippen molar-refractivity contribution in [1.82, 2.24) is 0 Å². The Morgan fingerprint density at radius 3 is 2.30 bits per heavy atom. The molecule has 1 unspecified atom stereocenters. The van der Waals surface area contributed by atoms with E-state index in [0.717, 1.165) is 23.3 Å². The van der Waals surface area contributed by atoms with Gasteiger partial charge >= 0.3 is 0 Å². The summed E-state index contributed by atoms with van der Waals surface area (Å²) < 4.78 is 5.60. The summed E-state index contributed by atoms with van der Waals surface area (Å²) in [6.07, 6.45) is 0.784. The van der Waals surface area contributed by atoms with Crippen LogP contribution in [-0.4, -0.2) is 7.11 Å². The fraction of sp³-hybridized carbons (Fsp3) is 0.333. The third-order valence-electron chi connectivity index (χ3n) is 3.91. The molecule has 0 fully saturated rings.